The highest BCUT2D eigenvalue weighted by molar-refractivity contribution is 5.86. The number of hydrogen-bond donors (Lipinski definition) is 6. The number of hydrazine groups is 1. The maximum absolute atomic E-state index is 12.3. The molecule has 0 spiro atoms. The molecule has 0 aromatic carbocycles. The second kappa shape index (κ2) is 7.57. The highest BCUT2D eigenvalue weighted by Gasteiger charge is 2.34. The molecule has 3 heterocycles. The number of nitrogens with one attached hydrogen (secondary N) is 6. The van der Waals surface area contributed by atoms with Crippen molar-refractivity contribution in [2.24, 2.45) is 5.92 Å². The van der Waals surface area contributed by atoms with Gasteiger partial charge in [0.25, 0.3) is 0 Å². The van der Waals surface area contributed by atoms with Gasteiger partial charge >= 0.3 is 0 Å². The van der Waals surface area contributed by atoms with Crippen LogP contribution in [0.25, 0.3) is 0 Å². The summed E-state index contributed by atoms with van der Waals surface area (Å²) < 4.78 is 0. The SMILES string of the molecule is CC1CC(NC(=O)CC2CNC(C3CCCCN3)NC2=O)NN1. The molecule has 5 unspecified atom stereocenters. The molecule has 8 heteroatoms. The van der Waals surface area contributed by atoms with Gasteiger partial charge in [-0.2, -0.15) is 0 Å². The minimum absolute atomic E-state index is 0.0244. The first-order valence-electron chi connectivity index (χ1n) is 8.69. The first kappa shape index (κ1) is 16.6. The molecule has 3 fully saturated rings. The first-order valence-corrected chi connectivity index (χ1v) is 8.69. The van der Waals surface area contributed by atoms with Gasteiger partial charge in [0.2, 0.25) is 11.8 Å². The normalized spacial score (nSPS) is 38.1. The molecule has 0 saturated carbocycles. The smallest absolute Gasteiger partial charge is 0.226 e. The summed E-state index contributed by atoms with van der Waals surface area (Å²) in [6.45, 7) is 3.61. The van der Waals surface area contributed by atoms with Crippen molar-refractivity contribution in [2.45, 2.75) is 63.4 Å². The van der Waals surface area contributed by atoms with Crippen LogP contribution in [0.4, 0.5) is 0 Å². The highest BCUT2D eigenvalue weighted by atomic mass is 16.2. The molecule has 0 aromatic heterocycles. The number of piperidine rings is 1. The molecule has 3 saturated heterocycles. The summed E-state index contributed by atoms with van der Waals surface area (Å²) in [6.07, 6.45) is 4.44. The lowest BCUT2D eigenvalue weighted by Crippen LogP contribution is -2.64. The average molecular weight is 324 g/mol. The molecule has 130 valence electrons. The van der Waals surface area contributed by atoms with Gasteiger partial charge in [-0.3, -0.25) is 20.3 Å². The Morgan fingerprint density at radius 2 is 2.13 bits per heavy atom. The quantitative estimate of drug-likeness (QED) is 0.376. The van der Waals surface area contributed by atoms with Crippen LogP contribution >= 0.6 is 0 Å². The third-order valence-electron chi connectivity index (χ3n) is 4.86. The molecule has 8 nitrogen and oxygen atoms in total. The van der Waals surface area contributed by atoms with E-state index in [0.29, 0.717) is 12.6 Å². The van der Waals surface area contributed by atoms with Gasteiger partial charge in [-0.1, -0.05) is 6.42 Å². The molecule has 0 aliphatic carbocycles. The van der Waals surface area contributed by atoms with Crippen molar-refractivity contribution in [2.75, 3.05) is 13.1 Å². The monoisotopic (exact) mass is 324 g/mol. The van der Waals surface area contributed by atoms with E-state index in [1.807, 2.05) is 0 Å². The van der Waals surface area contributed by atoms with Gasteiger partial charge in [0.05, 0.1) is 18.2 Å². The summed E-state index contributed by atoms with van der Waals surface area (Å²) in [5, 5.41) is 12.8. The molecular formula is C15H28N6O2. The van der Waals surface area contributed by atoms with E-state index in [4.69, 9.17) is 0 Å². The lowest BCUT2D eigenvalue weighted by atomic mass is 9.96. The van der Waals surface area contributed by atoms with Gasteiger partial charge in [0, 0.05) is 25.0 Å². The third-order valence-corrected chi connectivity index (χ3v) is 4.86. The minimum atomic E-state index is -0.304. The lowest BCUT2D eigenvalue weighted by molar-refractivity contribution is -0.133. The summed E-state index contributed by atoms with van der Waals surface area (Å²) in [6, 6.07) is 0.626. The molecule has 6 N–H and O–H groups in total. The van der Waals surface area contributed by atoms with Gasteiger partial charge in [0.1, 0.15) is 0 Å². The Morgan fingerprint density at radius 1 is 1.26 bits per heavy atom. The van der Waals surface area contributed by atoms with Crippen LogP contribution in [0.3, 0.4) is 0 Å². The maximum atomic E-state index is 12.3. The van der Waals surface area contributed by atoms with Gasteiger partial charge in [-0.05, 0) is 32.7 Å². The van der Waals surface area contributed by atoms with Crippen LogP contribution in [0, 0.1) is 5.92 Å². The lowest BCUT2D eigenvalue weighted by Gasteiger charge is -2.37. The fraction of sp³-hybridized carbons (Fsp3) is 0.867. The Balaban J connectivity index is 1.43. The molecule has 3 aliphatic rings. The van der Waals surface area contributed by atoms with Gasteiger partial charge in [0.15, 0.2) is 0 Å². The summed E-state index contributed by atoms with van der Waals surface area (Å²) in [4.78, 5) is 24.4. The molecule has 2 amide bonds. The Kier molecular flexibility index (Phi) is 5.47. The van der Waals surface area contributed by atoms with Crippen LogP contribution < -0.4 is 32.1 Å². The summed E-state index contributed by atoms with van der Waals surface area (Å²) in [5.74, 6) is -0.418. The van der Waals surface area contributed by atoms with Gasteiger partial charge in [-0.25, -0.2) is 5.43 Å². The van der Waals surface area contributed by atoms with Crippen LogP contribution in [0.15, 0.2) is 0 Å². The number of rotatable bonds is 4. The standard InChI is InChI=1S/C15H28N6O2/c1-9-6-12(21-20-9)18-13(22)7-10-8-17-14(19-15(10)23)11-4-2-3-5-16-11/h9-12,14,16-17,20-21H,2-8H2,1H3,(H,18,22)(H,19,23). The fourth-order valence-corrected chi connectivity index (χ4v) is 3.54. The summed E-state index contributed by atoms with van der Waals surface area (Å²) >= 11 is 0. The molecule has 3 aliphatic heterocycles. The van der Waals surface area contributed by atoms with E-state index in [0.717, 1.165) is 19.4 Å². The van der Waals surface area contributed by atoms with Crippen molar-refractivity contribution in [1.29, 1.82) is 0 Å². The summed E-state index contributed by atoms with van der Waals surface area (Å²) in [7, 11) is 0. The fourth-order valence-electron chi connectivity index (χ4n) is 3.54. The highest BCUT2D eigenvalue weighted by Crippen LogP contribution is 2.14. The van der Waals surface area contributed by atoms with Crippen LogP contribution in [0.5, 0.6) is 0 Å². The van der Waals surface area contributed by atoms with E-state index in [1.54, 1.807) is 0 Å². The van der Waals surface area contributed by atoms with Crippen LogP contribution in [0.2, 0.25) is 0 Å². The minimum Gasteiger partial charge on any atom is -0.339 e. The third kappa shape index (κ3) is 4.41. The van der Waals surface area contributed by atoms with E-state index in [1.165, 1.54) is 12.8 Å². The Labute approximate surface area is 136 Å². The topological polar surface area (TPSA) is 106 Å². The predicted molar refractivity (Wildman–Crippen MR) is 86.0 cm³/mol. The molecule has 3 rings (SSSR count). The zero-order chi connectivity index (χ0) is 16.2. The summed E-state index contributed by atoms with van der Waals surface area (Å²) in [5.41, 5.74) is 6.10. The van der Waals surface area contributed by atoms with Gasteiger partial charge < -0.3 is 16.0 Å². The van der Waals surface area contributed by atoms with Gasteiger partial charge in [-0.15, -0.1) is 0 Å². The Bertz CT molecular complexity index is 440. The van der Waals surface area contributed by atoms with Crippen LogP contribution in [-0.2, 0) is 9.59 Å². The molecule has 5 atom stereocenters. The Morgan fingerprint density at radius 3 is 2.78 bits per heavy atom. The zero-order valence-electron chi connectivity index (χ0n) is 13.7. The largest absolute Gasteiger partial charge is 0.339 e. The van der Waals surface area contributed by atoms with E-state index >= 15 is 0 Å². The molecule has 0 bridgehead atoms. The van der Waals surface area contributed by atoms with Crippen molar-refractivity contribution in [3.63, 3.8) is 0 Å². The van der Waals surface area contributed by atoms with E-state index in [-0.39, 0.29) is 42.5 Å². The molecule has 0 radical (unpaired) electrons. The van der Waals surface area contributed by atoms with Crippen molar-refractivity contribution < 1.29 is 9.59 Å². The van der Waals surface area contributed by atoms with Crippen molar-refractivity contribution in [3.8, 4) is 0 Å². The van der Waals surface area contributed by atoms with Crippen molar-refractivity contribution in [3.05, 3.63) is 0 Å². The molecule has 0 aromatic rings. The number of hydrogen-bond acceptors (Lipinski definition) is 6. The van der Waals surface area contributed by atoms with Crippen LogP contribution in [-0.4, -0.2) is 49.3 Å². The second-order valence-corrected chi connectivity index (χ2v) is 6.90. The Hall–Kier alpha value is -1.22. The van der Waals surface area contributed by atoms with E-state index in [9.17, 15) is 9.59 Å². The number of amides is 2. The van der Waals surface area contributed by atoms with Crippen LogP contribution in [0.1, 0.15) is 39.0 Å². The van der Waals surface area contributed by atoms with Crippen molar-refractivity contribution in [1.82, 2.24) is 32.1 Å². The predicted octanol–water partition coefficient (Wildman–Crippen LogP) is -1.49. The average Bonchev–Trinajstić information content (AvgIpc) is 2.95. The van der Waals surface area contributed by atoms with E-state index < -0.39 is 0 Å². The number of carbonyl (C=O) groups excluding carboxylic acids is 2. The maximum Gasteiger partial charge on any atom is 0.226 e. The second-order valence-electron chi connectivity index (χ2n) is 6.90. The van der Waals surface area contributed by atoms with Crippen molar-refractivity contribution >= 4 is 11.8 Å². The number of carbonyl (C=O) groups is 2. The first-order chi connectivity index (χ1) is 11.1. The molecule has 23 heavy (non-hydrogen) atoms. The molecular weight excluding hydrogens is 296 g/mol. The zero-order valence-corrected chi connectivity index (χ0v) is 13.7. The van der Waals surface area contributed by atoms with E-state index in [2.05, 4.69) is 39.0 Å².